The van der Waals surface area contributed by atoms with Crippen molar-refractivity contribution in [3.05, 3.63) is 18.2 Å². The largest absolute Gasteiger partial charge is 0.330 e. The fourth-order valence-corrected chi connectivity index (χ4v) is 1.86. The Kier molecular flexibility index (Phi) is 4.82. The van der Waals surface area contributed by atoms with E-state index in [-0.39, 0.29) is 6.04 Å². The summed E-state index contributed by atoms with van der Waals surface area (Å²) in [5.41, 5.74) is 7.03. The molecule has 0 aliphatic carbocycles. The second-order valence-electron chi connectivity index (χ2n) is 4.36. The van der Waals surface area contributed by atoms with Crippen molar-refractivity contribution < 1.29 is 0 Å². The van der Waals surface area contributed by atoms with Gasteiger partial charge in [-0.05, 0) is 20.3 Å². The lowest BCUT2D eigenvalue weighted by molar-refractivity contribution is 0.457. The fraction of sp³-hybridized carbons (Fsp3) is 0.750. The van der Waals surface area contributed by atoms with Crippen molar-refractivity contribution in [2.45, 2.75) is 58.5 Å². The SMILES string of the molecule is CCCCCC(C)n1cncc1[C@@H](C)N. The lowest BCUT2D eigenvalue weighted by Crippen LogP contribution is -2.14. The van der Waals surface area contributed by atoms with E-state index in [0.29, 0.717) is 6.04 Å². The second-order valence-corrected chi connectivity index (χ2v) is 4.36. The molecular weight excluding hydrogens is 186 g/mol. The van der Waals surface area contributed by atoms with Gasteiger partial charge in [-0.15, -0.1) is 0 Å². The molecule has 86 valence electrons. The Labute approximate surface area is 92.7 Å². The number of rotatable bonds is 6. The zero-order chi connectivity index (χ0) is 11.3. The van der Waals surface area contributed by atoms with Crippen molar-refractivity contribution in [1.82, 2.24) is 9.55 Å². The molecule has 0 aliphatic rings. The number of aromatic nitrogens is 2. The highest BCUT2D eigenvalue weighted by Crippen LogP contribution is 2.20. The predicted molar refractivity (Wildman–Crippen MR) is 63.7 cm³/mol. The number of hydrogen-bond donors (Lipinski definition) is 1. The molecule has 1 heterocycles. The van der Waals surface area contributed by atoms with Crippen LogP contribution < -0.4 is 5.73 Å². The minimum atomic E-state index is 0.0705. The molecule has 1 aromatic rings. The summed E-state index contributed by atoms with van der Waals surface area (Å²) in [6.45, 7) is 6.48. The summed E-state index contributed by atoms with van der Waals surface area (Å²) in [6.07, 6.45) is 8.86. The van der Waals surface area contributed by atoms with Crippen LogP contribution >= 0.6 is 0 Å². The molecule has 15 heavy (non-hydrogen) atoms. The highest BCUT2D eigenvalue weighted by atomic mass is 15.1. The van der Waals surface area contributed by atoms with E-state index in [1.54, 1.807) is 0 Å². The lowest BCUT2D eigenvalue weighted by Gasteiger charge is -2.18. The number of nitrogens with zero attached hydrogens (tertiary/aromatic N) is 2. The van der Waals surface area contributed by atoms with Crippen LogP contribution in [0.5, 0.6) is 0 Å². The zero-order valence-corrected chi connectivity index (χ0v) is 10.1. The third-order valence-corrected chi connectivity index (χ3v) is 2.86. The zero-order valence-electron chi connectivity index (χ0n) is 10.1. The monoisotopic (exact) mass is 209 g/mol. The van der Waals surface area contributed by atoms with Crippen LogP contribution in [0.15, 0.2) is 12.5 Å². The molecule has 0 bridgehead atoms. The van der Waals surface area contributed by atoms with Gasteiger partial charge >= 0.3 is 0 Å². The van der Waals surface area contributed by atoms with Crippen LogP contribution in [0.25, 0.3) is 0 Å². The average Bonchev–Trinajstić information content (AvgIpc) is 2.66. The van der Waals surface area contributed by atoms with E-state index in [1.165, 1.54) is 25.7 Å². The molecule has 0 radical (unpaired) electrons. The van der Waals surface area contributed by atoms with E-state index >= 15 is 0 Å². The first-order valence-corrected chi connectivity index (χ1v) is 5.94. The lowest BCUT2D eigenvalue weighted by atomic mass is 10.1. The molecule has 3 heteroatoms. The molecule has 0 saturated heterocycles. The first-order chi connectivity index (χ1) is 7.16. The molecule has 0 aromatic carbocycles. The summed E-state index contributed by atoms with van der Waals surface area (Å²) in [4.78, 5) is 4.18. The molecule has 0 spiro atoms. The van der Waals surface area contributed by atoms with Gasteiger partial charge in [-0.25, -0.2) is 4.98 Å². The van der Waals surface area contributed by atoms with Gasteiger partial charge in [-0.1, -0.05) is 26.2 Å². The van der Waals surface area contributed by atoms with Gasteiger partial charge in [0, 0.05) is 18.3 Å². The van der Waals surface area contributed by atoms with Crippen LogP contribution in [0.2, 0.25) is 0 Å². The van der Waals surface area contributed by atoms with Gasteiger partial charge in [0.1, 0.15) is 0 Å². The highest BCUT2D eigenvalue weighted by Gasteiger charge is 2.11. The minimum absolute atomic E-state index is 0.0705. The van der Waals surface area contributed by atoms with Gasteiger partial charge in [0.05, 0.1) is 12.0 Å². The van der Waals surface area contributed by atoms with Crippen molar-refractivity contribution in [3.8, 4) is 0 Å². The van der Waals surface area contributed by atoms with Gasteiger partial charge < -0.3 is 10.3 Å². The number of imidazole rings is 1. The molecule has 1 aromatic heterocycles. The van der Waals surface area contributed by atoms with Gasteiger partial charge in [0.15, 0.2) is 0 Å². The summed E-state index contributed by atoms with van der Waals surface area (Å²) in [7, 11) is 0. The Morgan fingerprint density at radius 1 is 1.40 bits per heavy atom. The summed E-state index contributed by atoms with van der Waals surface area (Å²) >= 11 is 0. The first-order valence-electron chi connectivity index (χ1n) is 5.94. The maximum Gasteiger partial charge on any atom is 0.0951 e. The third-order valence-electron chi connectivity index (χ3n) is 2.86. The molecule has 1 unspecified atom stereocenters. The second kappa shape index (κ2) is 5.91. The maximum absolute atomic E-state index is 5.89. The molecule has 3 nitrogen and oxygen atoms in total. The molecular formula is C12H23N3. The van der Waals surface area contributed by atoms with E-state index in [1.807, 2.05) is 19.4 Å². The van der Waals surface area contributed by atoms with Crippen LogP contribution in [-0.4, -0.2) is 9.55 Å². The van der Waals surface area contributed by atoms with E-state index in [0.717, 1.165) is 5.69 Å². The van der Waals surface area contributed by atoms with Gasteiger partial charge in [0.25, 0.3) is 0 Å². The summed E-state index contributed by atoms with van der Waals surface area (Å²) in [5.74, 6) is 0. The topological polar surface area (TPSA) is 43.8 Å². The highest BCUT2D eigenvalue weighted by molar-refractivity contribution is 5.04. The normalized spacial score (nSPS) is 15.2. The fourth-order valence-electron chi connectivity index (χ4n) is 1.86. The number of unbranched alkanes of at least 4 members (excludes halogenated alkanes) is 2. The van der Waals surface area contributed by atoms with E-state index in [4.69, 9.17) is 5.73 Å². The maximum atomic E-state index is 5.89. The first kappa shape index (κ1) is 12.2. The third kappa shape index (κ3) is 3.34. The number of nitrogens with two attached hydrogens (primary N) is 1. The summed E-state index contributed by atoms with van der Waals surface area (Å²) in [5, 5.41) is 0. The Hall–Kier alpha value is -0.830. The van der Waals surface area contributed by atoms with Gasteiger partial charge in [0.2, 0.25) is 0 Å². The van der Waals surface area contributed by atoms with E-state index in [9.17, 15) is 0 Å². The average molecular weight is 209 g/mol. The Balaban J connectivity index is 2.56. The predicted octanol–water partition coefficient (Wildman–Crippen LogP) is 3.04. The quantitative estimate of drug-likeness (QED) is 0.732. The molecule has 0 aliphatic heterocycles. The van der Waals surface area contributed by atoms with Crippen molar-refractivity contribution >= 4 is 0 Å². The number of hydrogen-bond acceptors (Lipinski definition) is 2. The van der Waals surface area contributed by atoms with E-state index < -0.39 is 0 Å². The van der Waals surface area contributed by atoms with Crippen LogP contribution in [0, 0.1) is 0 Å². The molecule has 1 rings (SSSR count). The van der Waals surface area contributed by atoms with E-state index in [2.05, 4.69) is 23.4 Å². The van der Waals surface area contributed by atoms with Crippen molar-refractivity contribution in [3.63, 3.8) is 0 Å². The molecule has 2 N–H and O–H groups in total. The molecule has 0 fully saturated rings. The van der Waals surface area contributed by atoms with Crippen molar-refractivity contribution in [2.75, 3.05) is 0 Å². The summed E-state index contributed by atoms with van der Waals surface area (Å²) in [6, 6.07) is 0.584. The molecule has 0 saturated carbocycles. The smallest absolute Gasteiger partial charge is 0.0951 e. The summed E-state index contributed by atoms with van der Waals surface area (Å²) < 4.78 is 2.21. The standard InChI is InChI=1S/C12H23N3/c1-4-5-6-7-10(2)15-9-14-8-12(15)11(3)13/h8-11H,4-7,13H2,1-3H3/t10?,11-/m1/s1. The van der Waals surface area contributed by atoms with Crippen molar-refractivity contribution in [1.29, 1.82) is 0 Å². The van der Waals surface area contributed by atoms with Gasteiger partial charge in [-0.2, -0.15) is 0 Å². The Morgan fingerprint density at radius 2 is 2.13 bits per heavy atom. The van der Waals surface area contributed by atoms with Crippen LogP contribution in [0.1, 0.15) is 64.2 Å². The van der Waals surface area contributed by atoms with Crippen LogP contribution in [0.4, 0.5) is 0 Å². The Bertz CT molecular complexity index is 278. The Morgan fingerprint density at radius 3 is 2.73 bits per heavy atom. The van der Waals surface area contributed by atoms with Crippen molar-refractivity contribution in [2.24, 2.45) is 5.73 Å². The van der Waals surface area contributed by atoms with Crippen LogP contribution in [-0.2, 0) is 0 Å². The molecule has 0 amide bonds. The van der Waals surface area contributed by atoms with Crippen LogP contribution in [0.3, 0.4) is 0 Å². The minimum Gasteiger partial charge on any atom is -0.330 e. The molecule has 2 atom stereocenters. The van der Waals surface area contributed by atoms with Gasteiger partial charge in [-0.3, -0.25) is 0 Å².